The summed E-state index contributed by atoms with van der Waals surface area (Å²) in [6.45, 7) is 4.35. The van der Waals surface area contributed by atoms with Gasteiger partial charge in [-0.1, -0.05) is 0 Å². The van der Waals surface area contributed by atoms with E-state index in [0.29, 0.717) is 12.3 Å². The summed E-state index contributed by atoms with van der Waals surface area (Å²) in [4.78, 5) is 25.6. The zero-order valence-electron chi connectivity index (χ0n) is 14.2. The predicted octanol–water partition coefficient (Wildman–Crippen LogP) is 0.717. The monoisotopic (exact) mass is 334 g/mol. The highest BCUT2D eigenvalue weighted by molar-refractivity contribution is 5.79. The molecule has 24 heavy (non-hydrogen) atoms. The number of nitrogens with two attached hydrogens (primary N) is 1. The molecule has 0 bridgehead atoms. The molecule has 0 aromatic carbocycles. The Kier molecular flexibility index (Phi) is 5.18. The number of nitrogens with zero attached hydrogens (tertiary/aromatic N) is 3. The maximum atomic E-state index is 12.4. The van der Waals surface area contributed by atoms with Gasteiger partial charge in [0.25, 0.3) is 0 Å². The Morgan fingerprint density at radius 3 is 2.62 bits per heavy atom. The number of aromatic nitrogens is 2. The van der Waals surface area contributed by atoms with Crippen LogP contribution in [0.15, 0.2) is 12.4 Å². The van der Waals surface area contributed by atoms with Crippen molar-refractivity contribution in [3.63, 3.8) is 0 Å². The van der Waals surface area contributed by atoms with E-state index in [1.165, 1.54) is 0 Å². The summed E-state index contributed by atoms with van der Waals surface area (Å²) < 4.78 is 7.61. The largest absolute Gasteiger partial charge is 0.367 e. The van der Waals surface area contributed by atoms with E-state index in [2.05, 4.69) is 5.10 Å². The molecule has 1 aromatic heterocycles. The average molecular weight is 334 g/mol. The molecule has 3 heterocycles. The second kappa shape index (κ2) is 7.34. The summed E-state index contributed by atoms with van der Waals surface area (Å²) in [6, 6.07) is 0. The van der Waals surface area contributed by atoms with Gasteiger partial charge < -0.3 is 15.4 Å². The Morgan fingerprint density at radius 2 is 2.04 bits per heavy atom. The maximum absolute atomic E-state index is 12.4. The van der Waals surface area contributed by atoms with E-state index in [-0.39, 0.29) is 17.9 Å². The Morgan fingerprint density at radius 1 is 1.29 bits per heavy atom. The number of rotatable bonds is 5. The smallest absolute Gasteiger partial charge is 0.246 e. The molecule has 2 amide bonds. The molecule has 0 spiro atoms. The lowest BCUT2D eigenvalue weighted by Crippen LogP contribution is -2.42. The first-order valence-corrected chi connectivity index (χ1v) is 8.80. The lowest BCUT2D eigenvalue weighted by atomic mass is 9.89. The number of aryl methyl sites for hydroxylation is 1. The van der Waals surface area contributed by atoms with Gasteiger partial charge in [0, 0.05) is 25.8 Å². The van der Waals surface area contributed by atoms with Gasteiger partial charge in [-0.15, -0.1) is 0 Å². The van der Waals surface area contributed by atoms with Gasteiger partial charge in [0.15, 0.2) is 0 Å². The first-order valence-electron chi connectivity index (χ1n) is 8.80. The van der Waals surface area contributed by atoms with Crippen molar-refractivity contribution in [3.8, 4) is 0 Å². The standard InChI is InChI=1S/C17H26N4O3/c1-2-21-11-12(10-19-21)9-16(22)20-7-5-13(6-8-20)14-3-4-15(24-14)17(18)23/h10-11,13-15H,2-9H2,1H3,(H2,18,23)/t14-,15+/m0/s1. The van der Waals surface area contributed by atoms with E-state index >= 15 is 0 Å². The average Bonchev–Trinajstić information content (AvgIpc) is 3.24. The molecule has 0 saturated carbocycles. The molecule has 0 aliphatic carbocycles. The Balaban J connectivity index is 1.46. The Labute approximate surface area is 142 Å². The van der Waals surface area contributed by atoms with Crippen molar-refractivity contribution in [2.45, 2.75) is 57.8 Å². The summed E-state index contributed by atoms with van der Waals surface area (Å²) in [5.74, 6) is 0.213. The van der Waals surface area contributed by atoms with Gasteiger partial charge in [-0.05, 0) is 44.1 Å². The summed E-state index contributed by atoms with van der Waals surface area (Å²) in [5, 5.41) is 4.21. The van der Waals surface area contributed by atoms with E-state index in [1.54, 1.807) is 6.20 Å². The third kappa shape index (κ3) is 3.77. The van der Waals surface area contributed by atoms with Crippen LogP contribution in [0, 0.1) is 5.92 Å². The minimum absolute atomic E-state index is 0.113. The normalized spacial score (nSPS) is 25.1. The van der Waals surface area contributed by atoms with Gasteiger partial charge >= 0.3 is 0 Å². The molecule has 3 rings (SSSR count). The molecule has 2 atom stereocenters. The van der Waals surface area contributed by atoms with Gasteiger partial charge in [-0.3, -0.25) is 14.3 Å². The highest BCUT2D eigenvalue weighted by Crippen LogP contribution is 2.31. The summed E-state index contributed by atoms with van der Waals surface area (Å²) in [6.07, 6.45) is 7.27. The molecular weight excluding hydrogens is 308 g/mol. The number of ether oxygens (including phenoxy) is 1. The number of piperidine rings is 1. The van der Waals surface area contributed by atoms with Crippen LogP contribution in [-0.4, -0.2) is 51.8 Å². The zero-order valence-corrected chi connectivity index (χ0v) is 14.2. The number of carbonyl (C=O) groups excluding carboxylic acids is 2. The topological polar surface area (TPSA) is 90.5 Å². The van der Waals surface area contributed by atoms with Gasteiger partial charge in [-0.2, -0.15) is 5.10 Å². The van der Waals surface area contributed by atoms with Crippen molar-refractivity contribution in [1.82, 2.24) is 14.7 Å². The molecule has 2 N–H and O–H groups in total. The third-order valence-corrected chi connectivity index (χ3v) is 5.15. The number of likely N-dealkylation sites (tertiary alicyclic amines) is 1. The van der Waals surface area contributed by atoms with Crippen molar-refractivity contribution in [2.75, 3.05) is 13.1 Å². The van der Waals surface area contributed by atoms with Gasteiger partial charge in [0.2, 0.25) is 11.8 Å². The number of hydrogen-bond acceptors (Lipinski definition) is 4. The molecule has 2 aliphatic heterocycles. The van der Waals surface area contributed by atoms with E-state index in [1.807, 2.05) is 22.7 Å². The van der Waals surface area contributed by atoms with Crippen LogP contribution in [0.4, 0.5) is 0 Å². The van der Waals surface area contributed by atoms with Crippen LogP contribution < -0.4 is 5.73 Å². The fourth-order valence-corrected chi connectivity index (χ4v) is 3.70. The number of primary amides is 1. The van der Waals surface area contributed by atoms with Crippen molar-refractivity contribution in [1.29, 1.82) is 0 Å². The molecule has 2 aliphatic rings. The van der Waals surface area contributed by atoms with Crippen molar-refractivity contribution in [3.05, 3.63) is 18.0 Å². The van der Waals surface area contributed by atoms with Crippen LogP contribution in [0.5, 0.6) is 0 Å². The van der Waals surface area contributed by atoms with Crippen molar-refractivity contribution >= 4 is 11.8 Å². The van der Waals surface area contributed by atoms with E-state index in [0.717, 1.165) is 50.9 Å². The Hall–Kier alpha value is -1.89. The predicted molar refractivity (Wildman–Crippen MR) is 88.0 cm³/mol. The molecule has 1 aromatic rings. The lowest BCUT2D eigenvalue weighted by Gasteiger charge is -2.34. The summed E-state index contributed by atoms with van der Waals surface area (Å²) in [7, 11) is 0. The SMILES string of the molecule is CCn1cc(CC(=O)N2CCC([C@@H]3CC[C@H](C(N)=O)O3)CC2)cn1. The lowest BCUT2D eigenvalue weighted by molar-refractivity contribution is -0.133. The fourth-order valence-electron chi connectivity index (χ4n) is 3.70. The second-order valence-electron chi connectivity index (χ2n) is 6.74. The number of hydrogen-bond donors (Lipinski definition) is 1. The highest BCUT2D eigenvalue weighted by atomic mass is 16.5. The van der Waals surface area contributed by atoms with E-state index in [9.17, 15) is 9.59 Å². The molecule has 2 saturated heterocycles. The van der Waals surface area contributed by atoms with E-state index < -0.39 is 6.10 Å². The van der Waals surface area contributed by atoms with Crippen molar-refractivity contribution < 1.29 is 14.3 Å². The quantitative estimate of drug-likeness (QED) is 0.859. The summed E-state index contributed by atoms with van der Waals surface area (Å²) in [5.41, 5.74) is 6.28. The van der Waals surface area contributed by atoms with Crippen LogP contribution in [-0.2, 0) is 27.3 Å². The molecule has 0 radical (unpaired) electrons. The van der Waals surface area contributed by atoms with Crippen molar-refractivity contribution in [2.24, 2.45) is 11.7 Å². The molecule has 2 fully saturated rings. The third-order valence-electron chi connectivity index (χ3n) is 5.15. The van der Waals surface area contributed by atoms with E-state index in [4.69, 9.17) is 10.5 Å². The number of amides is 2. The second-order valence-corrected chi connectivity index (χ2v) is 6.74. The molecule has 7 heteroatoms. The van der Waals surface area contributed by atoms with Crippen LogP contribution in [0.1, 0.15) is 38.2 Å². The first kappa shape index (κ1) is 17.0. The van der Waals surface area contributed by atoms with Gasteiger partial charge in [-0.25, -0.2) is 0 Å². The molecule has 7 nitrogen and oxygen atoms in total. The first-order chi connectivity index (χ1) is 11.6. The van der Waals surface area contributed by atoms with Crippen LogP contribution in [0.3, 0.4) is 0 Å². The van der Waals surface area contributed by atoms with Gasteiger partial charge in [0.05, 0.1) is 18.7 Å². The van der Waals surface area contributed by atoms with Crippen LogP contribution in [0.25, 0.3) is 0 Å². The minimum atomic E-state index is -0.426. The summed E-state index contributed by atoms with van der Waals surface area (Å²) >= 11 is 0. The van der Waals surface area contributed by atoms with Crippen LogP contribution in [0.2, 0.25) is 0 Å². The molecule has 132 valence electrons. The number of carbonyl (C=O) groups is 2. The van der Waals surface area contributed by atoms with Gasteiger partial charge in [0.1, 0.15) is 6.10 Å². The minimum Gasteiger partial charge on any atom is -0.367 e. The maximum Gasteiger partial charge on any atom is 0.246 e. The van der Waals surface area contributed by atoms with Crippen LogP contribution >= 0.6 is 0 Å². The Bertz CT molecular complexity index is 592. The molecule has 0 unspecified atom stereocenters. The fraction of sp³-hybridized carbons (Fsp3) is 0.706. The molecular formula is C17H26N4O3. The highest BCUT2D eigenvalue weighted by Gasteiger charge is 2.36. The zero-order chi connectivity index (χ0) is 17.1.